The van der Waals surface area contributed by atoms with Crippen molar-refractivity contribution in [3.8, 4) is 0 Å². The molecule has 0 spiro atoms. The number of nitrogens with one attached hydrogen (secondary N) is 1. The summed E-state index contributed by atoms with van der Waals surface area (Å²) in [5, 5.41) is 0.414. The number of hydrogen-bond donors (Lipinski definition) is 1. The van der Waals surface area contributed by atoms with E-state index in [4.69, 9.17) is 11.6 Å². The first-order chi connectivity index (χ1) is 7.05. The van der Waals surface area contributed by atoms with Gasteiger partial charge in [0.25, 0.3) is 0 Å². The lowest BCUT2D eigenvalue weighted by Gasteiger charge is -2.08. The quantitative estimate of drug-likeness (QED) is 0.870. The van der Waals surface area contributed by atoms with Crippen molar-refractivity contribution < 1.29 is 8.42 Å². The fourth-order valence-corrected chi connectivity index (χ4v) is 2.62. The summed E-state index contributed by atoms with van der Waals surface area (Å²) in [6.07, 6.45) is 1.50. The Labute approximate surface area is 95.5 Å². The van der Waals surface area contributed by atoms with E-state index in [0.717, 1.165) is 6.42 Å². The summed E-state index contributed by atoms with van der Waals surface area (Å²) in [6, 6.07) is 6.79. The highest BCUT2D eigenvalue weighted by Crippen LogP contribution is 2.21. The second kappa shape index (κ2) is 5.37. The van der Waals surface area contributed by atoms with Crippen LogP contribution in [0.5, 0.6) is 0 Å². The molecule has 0 bridgehead atoms. The predicted octanol–water partition coefficient (Wildman–Crippen LogP) is 2.88. The largest absolute Gasteiger partial charge is 0.282 e. The molecule has 0 aliphatic rings. The molecule has 0 radical (unpaired) electrons. The van der Waals surface area contributed by atoms with E-state index in [9.17, 15) is 8.42 Å². The molecular weight excluding hydrogens is 234 g/mol. The number of hydrogen-bond acceptors (Lipinski definition) is 2. The zero-order chi connectivity index (χ0) is 11.3. The van der Waals surface area contributed by atoms with Gasteiger partial charge in [-0.2, -0.15) is 0 Å². The number of para-hydroxylation sites is 1. The van der Waals surface area contributed by atoms with Gasteiger partial charge in [0.1, 0.15) is 0 Å². The monoisotopic (exact) mass is 247 g/mol. The molecule has 0 aromatic heterocycles. The molecule has 0 aliphatic carbocycles. The Morgan fingerprint density at radius 3 is 2.60 bits per heavy atom. The van der Waals surface area contributed by atoms with E-state index >= 15 is 0 Å². The summed E-state index contributed by atoms with van der Waals surface area (Å²) < 4.78 is 25.5. The minimum Gasteiger partial charge on any atom is -0.282 e. The van der Waals surface area contributed by atoms with Crippen LogP contribution in [0.25, 0.3) is 0 Å². The van der Waals surface area contributed by atoms with Crippen molar-refractivity contribution >= 4 is 27.3 Å². The second-order valence-electron chi connectivity index (χ2n) is 3.25. The minimum absolute atomic E-state index is 0.134. The first-order valence-electron chi connectivity index (χ1n) is 4.80. The standard InChI is InChI=1S/C10H14ClNO2S/c1-2-3-8-15(13,14)12-10-7-5-4-6-9(10)11/h4-7,12H,2-3,8H2,1H3. The highest BCUT2D eigenvalue weighted by molar-refractivity contribution is 7.92. The molecule has 1 N–H and O–H groups in total. The second-order valence-corrected chi connectivity index (χ2v) is 5.50. The van der Waals surface area contributed by atoms with Crippen LogP contribution in [0.15, 0.2) is 24.3 Å². The molecule has 0 atom stereocenters. The van der Waals surface area contributed by atoms with E-state index in [1.54, 1.807) is 24.3 Å². The van der Waals surface area contributed by atoms with Gasteiger partial charge in [0, 0.05) is 0 Å². The Morgan fingerprint density at radius 2 is 2.00 bits per heavy atom. The van der Waals surface area contributed by atoms with Crippen LogP contribution in [0.2, 0.25) is 5.02 Å². The Bertz CT molecular complexity index is 417. The molecule has 0 saturated carbocycles. The zero-order valence-electron chi connectivity index (χ0n) is 8.53. The molecule has 0 unspecified atom stereocenters. The number of sulfonamides is 1. The van der Waals surface area contributed by atoms with Crippen molar-refractivity contribution in [1.29, 1.82) is 0 Å². The third-order valence-electron chi connectivity index (χ3n) is 1.91. The molecule has 15 heavy (non-hydrogen) atoms. The van der Waals surface area contributed by atoms with Gasteiger partial charge in [0.05, 0.1) is 16.5 Å². The van der Waals surface area contributed by atoms with Crippen molar-refractivity contribution in [2.24, 2.45) is 0 Å². The Balaban J connectivity index is 2.74. The minimum atomic E-state index is -3.25. The SMILES string of the molecule is CCCCS(=O)(=O)Nc1ccccc1Cl. The Hall–Kier alpha value is -0.740. The van der Waals surface area contributed by atoms with E-state index in [-0.39, 0.29) is 5.75 Å². The van der Waals surface area contributed by atoms with Gasteiger partial charge in [0.15, 0.2) is 0 Å². The van der Waals surface area contributed by atoms with Gasteiger partial charge < -0.3 is 0 Å². The van der Waals surface area contributed by atoms with Crippen LogP contribution >= 0.6 is 11.6 Å². The number of rotatable bonds is 5. The van der Waals surface area contributed by atoms with Crippen LogP contribution in [-0.2, 0) is 10.0 Å². The highest BCUT2D eigenvalue weighted by atomic mass is 35.5. The third kappa shape index (κ3) is 4.10. The molecule has 5 heteroatoms. The number of benzene rings is 1. The third-order valence-corrected chi connectivity index (χ3v) is 3.59. The van der Waals surface area contributed by atoms with Gasteiger partial charge in [-0.3, -0.25) is 4.72 Å². The lowest BCUT2D eigenvalue weighted by molar-refractivity contribution is 0.598. The zero-order valence-corrected chi connectivity index (χ0v) is 10.1. The molecular formula is C10H14ClNO2S. The lowest BCUT2D eigenvalue weighted by Crippen LogP contribution is -2.16. The summed E-state index contributed by atoms with van der Waals surface area (Å²) >= 11 is 5.84. The molecule has 0 heterocycles. The molecule has 3 nitrogen and oxygen atoms in total. The fourth-order valence-electron chi connectivity index (χ4n) is 1.10. The highest BCUT2D eigenvalue weighted by Gasteiger charge is 2.10. The summed E-state index contributed by atoms with van der Waals surface area (Å²) in [5.41, 5.74) is 0.440. The molecule has 84 valence electrons. The summed E-state index contributed by atoms with van der Waals surface area (Å²) in [6.45, 7) is 1.95. The Kier molecular flexibility index (Phi) is 4.42. The first kappa shape index (κ1) is 12.3. The van der Waals surface area contributed by atoms with Crippen molar-refractivity contribution in [2.45, 2.75) is 19.8 Å². The van der Waals surface area contributed by atoms with E-state index in [2.05, 4.69) is 4.72 Å². The van der Waals surface area contributed by atoms with Crippen LogP contribution in [0.3, 0.4) is 0 Å². The molecule has 0 saturated heterocycles. The van der Waals surface area contributed by atoms with Gasteiger partial charge >= 0.3 is 0 Å². The van der Waals surface area contributed by atoms with Gasteiger partial charge in [-0.25, -0.2) is 8.42 Å². The normalized spacial score (nSPS) is 11.3. The smallest absolute Gasteiger partial charge is 0.232 e. The van der Waals surface area contributed by atoms with E-state index in [1.807, 2.05) is 6.92 Å². The van der Waals surface area contributed by atoms with Gasteiger partial charge in [-0.15, -0.1) is 0 Å². The van der Waals surface area contributed by atoms with E-state index in [1.165, 1.54) is 0 Å². The van der Waals surface area contributed by atoms with Gasteiger partial charge in [-0.1, -0.05) is 37.1 Å². The van der Waals surface area contributed by atoms with E-state index in [0.29, 0.717) is 17.1 Å². The molecule has 1 rings (SSSR count). The maximum absolute atomic E-state index is 11.5. The average molecular weight is 248 g/mol. The van der Waals surface area contributed by atoms with E-state index < -0.39 is 10.0 Å². The molecule has 0 fully saturated rings. The maximum atomic E-state index is 11.5. The topological polar surface area (TPSA) is 46.2 Å². The van der Waals surface area contributed by atoms with Gasteiger partial charge in [0.2, 0.25) is 10.0 Å². The average Bonchev–Trinajstić information content (AvgIpc) is 2.18. The summed E-state index contributed by atoms with van der Waals surface area (Å²) in [4.78, 5) is 0. The molecule has 1 aromatic rings. The summed E-state index contributed by atoms with van der Waals surface area (Å²) in [5.74, 6) is 0.134. The maximum Gasteiger partial charge on any atom is 0.232 e. The number of unbranched alkanes of at least 4 members (excludes halogenated alkanes) is 1. The van der Waals surface area contributed by atoms with Crippen LogP contribution in [0.1, 0.15) is 19.8 Å². The van der Waals surface area contributed by atoms with Crippen molar-refractivity contribution in [2.75, 3.05) is 10.5 Å². The number of anilines is 1. The lowest BCUT2D eigenvalue weighted by atomic mass is 10.3. The number of halogens is 1. The van der Waals surface area contributed by atoms with Crippen molar-refractivity contribution in [1.82, 2.24) is 0 Å². The van der Waals surface area contributed by atoms with Crippen LogP contribution in [0, 0.1) is 0 Å². The van der Waals surface area contributed by atoms with Crippen LogP contribution in [-0.4, -0.2) is 14.2 Å². The van der Waals surface area contributed by atoms with Crippen molar-refractivity contribution in [3.63, 3.8) is 0 Å². The van der Waals surface area contributed by atoms with Crippen LogP contribution in [0.4, 0.5) is 5.69 Å². The molecule has 1 aromatic carbocycles. The molecule has 0 amide bonds. The van der Waals surface area contributed by atoms with Crippen LogP contribution < -0.4 is 4.72 Å². The first-order valence-corrected chi connectivity index (χ1v) is 6.83. The molecule has 0 aliphatic heterocycles. The fraction of sp³-hybridized carbons (Fsp3) is 0.400. The van der Waals surface area contributed by atoms with Gasteiger partial charge in [-0.05, 0) is 18.6 Å². The predicted molar refractivity (Wildman–Crippen MR) is 63.8 cm³/mol. The summed E-state index contributed by atoms with van der Waals surface area (Å²) in [7, 11) is -3.25. The Morgan fingerprint density at radius 1 is 1.33 bits per heavy atom. The van der Waals surface area contributed by atoms with Crippen molar-refractivity contribution in [3.05, 3.63) is 29.3 Å².